The number of piperidine rings is 1. The molecular weight excluding hydrogens is 370 g/mol. The van der Waals surface area contributed by atoms with E-state index in [1.165, 1.54) is 12.8 Å². The third kappa shape index (κ3) is 5.27. The molecule has 4 rings (SSSR count). The molecule has 9 nitrogen and oxygen atoms in total. The summed E-state index contributed by atoms with van der Waals surface area (Å²) in [5.41, 5.74) is 5.97. The van der Waals surface area contributed by atoms with Gasteiger partial charge >= 0.3 is 5.97 Å². The minimum atomic E-state index is -0.721. The van der Waals surface area contributed by atoms with Gasteiger partial charge in [0.15, 0.2) is 0 Å². The molecular formula is C20H33N7O2. The molecule has 1 aromatic heterocycles. The van der Waals surface area contributed by atoms with Crippen molar-refractivity contribution in [3.63, 3.8) is 0 Å². The van der Waals surface area contributed by atoms with E-state index < -0.39 is 5.97 Å². The van der Waals surface area contributed by atoms with E-state index in [0.717, 1.165) is 57.3 Å². The first-order valence-electron chi connectivity index (χ1n) is 10.8. The summed E-state index contributed by atoms with van der Waals surface area (Å²) in [5.74, 6) is 1.51. The number of aromatic nitrogens is 2. The summed E-state index contributed by atoms with van der Waals surface area (Å²) in [6, 6.07) is 2.92. The summed E-state index contributed by atoms with van der Waals surface area (Å²) in [4.78, 5) is 27.2. The Morgan fingerprint density at radius 2 is 1.97 bits per heavy atom. The molecule has 160 valence electrons. The molecule has 1 saturated carbocycles. The van der Waals surface area contributed by atoms with E-state index in [4.69, 9.17) is 5.73 Å². The molecule has 9 heteroatoms. The summed E-state index contributed by atoms with van der Waals surface area (Å²) in [6.07, 6.45) is 4.27. The van der Waals surface area contributed by atoms with Crippen molar-refractivity contribution < 1.29 is 9.90 Å². The smallest absolute Gasteiger partial charge is 0.303 e. The molecule has 0 aromatic carbocycles. The SMILES string of the molecule is CN1CCN([C@@H]2CCN(c3cc(NC4CC4)nc(N)n3)C[C@@H]2CCC(=O)O)CC1. The fourth-order valence-electron chi connectivity index (χ4n) is 4.58. The van der Waals surface area contributed by atoms with E-state index in [0.29, 0.717) is 24.4 Å². The zero-order chi connectivity index (χ0) is 20.4. The van der Waals surface area contributed by atoms with Crippen LogP contribution in [0.25, 0.3) is 0 Å². The standard InChI is InChI=1S/C20H33N7O2/c1-25-8-10-26(11-9-25)16-6-7-27(13-14(16)2-5-19(28)29)18-12-17(22-15-3-4-15)23-20(21)24-18/h12,14-16H,2-11,13H2,1H3,(H,28,29)(H3,21,22,23,24)/t14-,16+/m0/s1. The summed E-state index contributed by atoms with van der Waals surface area (Å²) in [6.45, 7) is 5.97. The number of carboxylic acids is 1. The Balaban J connectivity index is 1.47. The highest BCUT2D eigenvalue weighted by Crippen LogP contribution is 2.31. The average molecular weight is 404 g/mol. The molecule has 0 spiro atoms. The highest BCUT2D eigenvalue weighted by molar-refractivity contribution is 5.66. The predicted octanol–water partition coefficient (Wildman–Crippen LogP) is 0.940. The van der Waals surface area contributed by atoms with E-state index in [1.54, 1.807) is 0 Å². The van der Waals surface area contributed by atoms with Crippen molar-refractivity contribution in [2.45, 2.75) is 44.2 Å². The van der Waals surface area contributed by atoms with Gasteiger partial charge in [-0.1, -0.05) is 0 Å². The van der Waals surface area contributed by atoms with E-state index in [2.05, 4.69) is 37.0 Å². The highest BCUT2D eigenvalue weighted by Gasteiger charge is 2.35. The van der Waals surface area contributed by atoms with Gasteiger partial charge in [0.2, 0.25) is 5.95 Å². The summed E-state index contributed by atoms with van der Waals surface area (Å²) >= 11 is 0. The van der Waals surface area contributed by atoms with Crippen LogP contribution in [-0.4, -0.2) is 89.2 Å². The van der Waals surface area contributed by atoms with E-state index in [1.807, 2.05) is 6.07 Å². The molecule has 3 heterocycles. The number of aliphatic carboxylic acids is 1. The minimum Gasteiger partial charge on any atom is -0.481 e. The molecule has 2 aliphatic heterocycles. The average Bonchev–Trinajstić information content (AvgIpc) is 3.50. The highest BCUT2D eigenvalue weighted by atomic mass is 16.4. The maximum atomic E-state index is 11.2. The molecule has 4 N–H and O–H groups in total. The van der Waals surface area contributed by atoms with Gasteiger partial charge in [-0.25, -0.2) is 0 Å². The van der Waals surface area contributed by atoms with Crippen LogP contribution in [0.15, 0.2) is 6.07 Å². The van der Waals surface area contributed by atoms with Crippen molar-refractivity contribution in [3.8, 4) is 0 Å². The topological polar surface area (TPSA) is 111 Å². The van der Waals surface area contributed by atoms with Gasteiger partial charge in [0, 0.05) is 63.8 Å². The van der Waals surface area contributed by atoms with Gasteiger partial charge in [-0.2, -0.15) is 9.97 Å². The lowest BCUT2D eigenvalue weighted by atomic mass is 9.86. The van der Waals surface area contributed by atoms with Crippen molar-refractivity contribution in [1.29, 1.82) is 0 Å². The first-order chi connectivity index (χ1) is 14.0. The maximum absolute atomic E-state index is 11.2. The Kier molecular flexibility index (Phi) is 6.05. The molecule has 3 fully saturated rings. The molecule has 0 radical (unpaired) electrons. The number of nitrogen functional groups attached to an aromatic ring is 1. The second kappa shape index (κ2) is 8.71. The molecule has 0 bridgehead atoms. The molecule has 1 aromatic rings. The second-order valence-electron chi connectivity index (χ2n) is 8.72. The van der Waals surface area contributed by atoms with E-state index >= 15 is 0 Å². The third-order valence-electron chi connectivity index (χ3n) is 6.41. The van der Waals surface area contributed by atoms with E-state index in [9.17, 15) is 9.90 Å². The fraction of sp³-hybridized carbons (Fsp3) is 0.750. The zero-order valence-electron chi connectivity index (χ0n) is 17.3. The molecule has 0 unspecified atom stereocenters. The van der Waals surface area contributed by atoms with Crippen molar-refractivity contribution in [2.75, 3.05) is 62.3 Å². The molecule has 0 amide bonds. The van der Waals surface area contributed by atoms with Crippen molar-refractivity contribution in [3.05, 3.63) is 6.07 Å². The van der Waals surface area contributed by atoms with Crippen LogP contribution in [-0.2, 0) is 4.79 Å². The number of anilines is 3. The van der Waals surface area contributed by atoms with Crippen LogP contribution in [0.2, 0.25) is 0 Å². The molecule has 2 saturated heterocycles. The number of nitrogens with zero attached hydrogens (tertiary/aromatic N) is 5. The Bertz CT molecular complexity index is 719. The number of nitrogens with two attached hydrogens (primary N) is 1. The van der Waals surface area contributed by atoms with Crippen LogP contribution in [0.1, 0.15) is 32.1 Å². The molecule has 1 aliphatic carbocycles. The molecule has 3 aliphatic rings. The third-order valence-corrected chi connectivity index (χ3v) is 6.41. The van der Waals surface area contributed by atoms with Crippen LogP contribution < -0.4 is 16.0 Å². The number of piperazine rings is 1. The fourth-order valence-corrected chi connectivity index (χ4v) is 4.58. The van der Waals surface area contributed by atoms with Gasteiger partial charge in [-0.05, 0) is 38.6 Å². The minimum absolute atomic E-state index is 0.211. The van der Waals surface area contributed by atoms with Crippen LogP contribution in [0, 0.1) is 5.92 Å². The quantitative estimate of drug-likeness (QED) is 0.612. The lowest BCUT2D eigenvalue weighted by molar-refractivity contribution is -0.137. The van der Waals surface area contributed by atoms with Crippen LogP contribution >= 0.6 is 0 Å². The van der Waals surface area contributed by atoms with Crippen molar-refractivity contribution >= 4 is 23.6 Å². The Morgan fingerprint density at radius 3 is 2.66 bits per heavy atom. The van der Waals surface area contributed by atoms with Crippen LogP contribution in [0.5, 0.6) is 0 Å². The number of rotatable bonds is 7. The van der Waals surface area contributed by atoms with Crippen LogP contribution in [0.4, 0.5) is 17.6 Å². The number of carbonyl (C=O) groups is 1. The largest absolute Gasteiger partial charge is 0.481 e. The molecule has 2 atom stereocenters. The normalized spacial score (nSPS) is 26.4. The molecule has 29 heavy (non-hydrogen) atoms. The second-order valence-corrected chi connectivity index (χ2v) is 8.72. The lowest BCUT2D eigenvalue weighted by Crippen LogP contribution is -2.56. The summed E-state index contributed by atoms with van der Waals surface area (Å²) < 4.78 is 0. The number of hydrogen-bond acceptors (Lipinski definition) is 8. The Morgan fingerprint density at radius 1 is 1.21 bits per heavy atom. The first kappa shape index (κ1) is 20.2. The summed E-state index contributed by atoms with van der Waals surface area (Å²) in [7, 11) is 2.16. The van der Waals surface area contributed by atoms with Gasteiger partial charge in [0.25, 0.3) is 0 Å². The van der Waals surface area contributed by atoms with E-state index in [-0.39, 0.29) is 12.4 Å². The number of likely N-dealkylation sites (N-methyl/N-ethyl adjacent to an activating group) is 1. The lowest BCUT2D eigenvalue weighted by Gasteiger charge is -2.46. The van der Waals surface area contributed by atoms with Gasteiger partial charge in [-0.3, -0.25) is 9.69 Å². The summed E-state index contributed by atoms with van der Waals surface area (Å²) in [5, 5.41) is 12.6. The number of carboxylic acid groups (broad SMARTS) is 1. The van der Waals surface area contributed by atoms with Crippen molar-refractivity contribution in [2.24, 2.45) is 5.92 Å². The zero-order valence-corrected chi connectivity index (χ0v) is 17.3. The predicted molar refractivity (Wildman–Crippen MR) is 113 cm³/mol. The van der Waals surface area contributed by atoms with Crippen LogP contribution in [0.3, 0.4) is 0 Å². The van der Waals surface area contributed by atoms with Gasteiger partial charge in [0.05, 0.1) is 0 Å². The first-order valence-corrected chi connectivity index (χ1v) is 10.8. The van der Waals surface area contributed by atoms with Gasteiger partial charge in [-0.15, -0.1) is 0 Å². The van der Waals surface area contributed by atoms with Gasteiger partial charge < -0.3 is 26.0 Å². The van der Waals surface area contributed by atoms with Crippen molar-refractivity contribution in [1.82, 2.24) is 19.8 Å². The number of nitrogens with one attached hydrogen (secondary N) is 1. The van der Waals surface area contributed by atoms with Gasteiger partial charge in [0.1, 0.15) is 11.6 Å². The maximum Gasteiger partial charge on any atom is 0.303 e. The Labute approximate surface area is 172 Å². The Hall–Kier alpha value is -2.13. The monoisotopic (exact) mass is 403 g/mol. The number of hydrogen-bond donors (Lipinski definition) is 3.